The van der Waals surface area contributed by atoms with E-state index in [1.54, 1.807) is 18.2 Å². The van der Waals surface area contributed by atoms with Gasteiger partial charge in [-0.1, -0.05) is 29.3 Å². The Balaban J connectivity index is 2.28. The molecule has 0 saturated carbocycles. The maximum absolute atomic E-state index is 13.2. The van der Waals surface area contributed by atoms with Crippen LogP contribution in [-0.4, -0.2) is 4.21 Å². The van der Waals surface area contributed by atoms with Gasteiger partial charge in [0.1, 0.15) is 11.9 Å². The third-order valence-electron chi connectivity index (χ3n) is 2.59. The Labute approximate surface area is 128 Å². The van der Waals surface area contributed by atoms with E-state index in [1.807, 2.05) is 0 Å². The number of nitrogens with zero attached hydrogens (tertiary/aromatic N) is 1. The van der Waals surface area contributed by atoms with Crippen molar-refractivity contribution >= 4 is 34.0 Å². The molecule has 0 aromatic heterocycles. The summed E-state index contributed by atoms with van der Waals surface area (Å²) in [5, 5.41) is 9.57. The molecule has 2 aromatic carbocycles. The van der Waals surface area contributed by atoms with Crippen LogP contribution >= 0.6 is 23.2 Å². The second-order valence-electron chi connectivity index (χ2n) is 3.99. The highest BCUT2D eigenvalue weighted by Gasteiger charge is 2.12. The highest BCUT2D eigenvalue weighted by atomic mass is 35.5. The minimum atomic E-state index is -1.42. The summed E-state index contributed by atoms with van der Waals surface area (Å²) in [6.45, 7) is 0. The number of hydrogen-bond acceptors (Lipinski definition) is 2. The molecule has 2 aromatic rings. The summed E-state index contributed by atoms with van der Waals surface area (Å²) >= 11 is 11.8. The lowest BCUT2D eigenvalue weighted by molar-refractivity contribution is 0.623. The molecule has 0 fully saturated rings. The zero-order valence-electron chi connectivity index (χ0n) is 10.1. The lowest BCUT2D eigenvalue weighted by atomic mass is 10.1. The molecule has 2 nitrogen and oxygen atoms in total. The number of halogens is 3. The fraction of sp³-hybridized carbons (Fsp3) is 0.0714. The van der Waals surface area contributed by atoms with Crippen molar-refractivity contribution < 1.29 is 8.60 Å². The van der Waals surface area contributed by atoms with Gasteiger partial charge in [-0.15, -0.1) is 0 Å². The van der Waals surface area contributed by atoms with Crippen LogP contribution in [0.1, 0.15) is 11.1 Å². The van der Waals surface area contributed by atoms with E-state index in [2.05, 4.69) is 0 Å². The third-order valence-corrected chi connectivity index (χ3v) is 4.69. The van der Waals surface area contributed by atoms with Crippen LogP contribution in [0.5, 0.6) is 0 Å². The Kier molecular flexibility index (Phi) is 4.77. The van der Waals surface area contributed by atoms with Crippen LogP contribution in [0.25, 0.3) is 0 Å². The second kappa shape index (κ2) is 6.36. The van der Waals surface area contributed by atoms with Crippen molar-refractivity contribution in [1.29, 1.82) is 5.26 Å². The molecular formula is C14H8Cl2FNOS. The predicted molar refractivity (Wildman–Crippen MR) is 77.7 cm³/mol. The van der Waals surface area contributed by atoms with Crippen molar-refractivity contribution in [2.45, 2.75) is 10.6 Å². The van der Waals surface area contributed by atoms with Gasteiger partial charge in [-0.3, -0.25) is 4.21 Å². The quantitative estimate of drug-likeness (QED) is 0.842. The monoisotopic (exact) mass is 327 g/mol. The summed E-state index contributed by atoms with van der Waals surface area (Å²) in [5.74, 6) is -0.461. The van der Waals surface area contributed by atoms with Crippen molar-refractivity contribution in [2.75, 3.05) is 0 Å². The number of benzene rings is 2. The Hall–Kier alpha value is -1.41. The summed E-state index contributed by atoms with van der Waals surface area (Å²) in [7, 11) is -1.42. The van der Waals surface area contributed by atoms with Crippen LogP contribution in [0.2, 0.25) is 10.0 Å². The second-order valence-corrected chi connectivity index (χ2v) is 6.25. The van der Waals surface area contributed by atoms with Gasteiger partial charge in [-0.25, -0.2) is 4.39 Å². The fourth-order valence-electron chi connectivity index (χ4n) is 1.63. The highest BCUT2D eigenvalue weighted by molar-refractivity contribution is 7.84. The van der Waals surface area contributed by atoms with Gasteiger partial charge < -0.3 is 0 Å². The molecule has 2 rings (SSSR count). The van der Waals surface area contributed by atoms with Gasteiger partial charge in [-0.05, 0) is 35.9 Å². The first-order chi connectivity index (χ1) is 9.51. The van der Waals surface area contributed by atoms with Crippen LogP contribution in [-0.2, 0) is 16.6 Å². The zero-order chi connectivity index (χ0) is 14.7. The van der Waals surface area contributed by atoms with Crippen LogP contribution in [0.3, 0.4) is 0 Å². The zero-order valence-corrected chi connectivity index (χ0v) is 12.4. The van der Waals surface area contributed by atoms with Crippen LogP contribution in [0.15, 0.2) is 41.3 Å². The molecule has 0 aliphatic heterocycles. The summed E-state index contributed by atoms with van der Waals surface area (Å²) in [4.78, 5) is 0.419. The maximum atomic E-state index is 13.2. The van der Waals surface area contributed by atoms with Gasteiger partial charge in [0, 0.05) is 5.02 Å². The molecule has 0 bridgehead atoms. The van der Waals surface area contributed by atoms with E-state index in [0.717, 1.165) is 0 Å². The topological polar surface area (TPSA) is 40.9 Å². The van der Waals surface area contributed by atoms with Crippen molar-refractivity contribution in [3.05, 3.63) is 63.4 Å². The van der Waals surface area contributed by atoms with E-state index < -0.39 is 16.6 Å². The van der Waals surface area contributed by atoms with Crippen LogP contribution in [0.4, 0.5) is 4.39 Å². The van der Waals surface area contributed by atoms with Gasteiger partial charge in [-0.2, -0.15) is 5.26 Å². The molecule has 6 heteroatoms. The number of rotatable bonds is 3. The molecule has 0 aliphatic carbocycles. The third kappa shape index (κ3) is 3.37. The minimum absolute atomic E-state index is 0.0725. The van der Waals surface area contributed by atoms with Crippen molar-refractivity contribution in [3.63, 3.8) is 0 Å². The van der Waals surface area contributed by atoms with Crippen molar-refractivity contribution in [3.8, 4) is 6.07 Å². The van der Waals surface area contributed by atoms with E-state index in [9.17, 15) is 8.60 Å². The average Bonchev–Trinajstić information content (AvgIpc) is 2.43. The van der Waals surface area contributed by atoms with Gasteiger partial charge >= 0.3 is 0 Å². The number of nitriles is 1. The molecule has 0 N–H and O–H groups in total. The Bertz CT molecular complexity index is 728. The molecular weight excluding hydrogens is 320 g/mol. The highest BCUT2D eigenvalue weighted by Crippen LogP contribution is 2.25. The summed E-state index contributed by atoms with van der Waals surface area (Å²) in [6.07, 6.45) is 0. The molecule has 0 heterocycles. The summed E-state index contributed by atoms with van der Waals surface area (Å²) in [5.41, 5.74) is 0.522. The smallest absolute Gasteiger partial charge is 0.140 e. The minimum Gasteiger partial charge on any atom is -0.254 e. The van der Waals surface area contributed by atoms with Gasteiger partial charge in [0.25, 0.3) is 0 Å². The van der Waals surface area contributed by atoms with E-state index >= 15 is 0 Å². The Morgan fingerprint density at radius 1 is 1.20 bits per heavy atom. The molecule has 0 radical (unpaired) electrons. The molecule has 0 aliphatic rings. The molecule has 102 valence electrons. The molecule has 1 atom stereocenters. The largest absolute Gasteiger partial charge is 0.254 e. The Morgan fingerprint density at radius 2 is 1.95 bits per heavy atom. The summed E-state index contributed by atoms with van der Waals surface area (Å²) in [6, 6.07) is 10.5. The fourth-order valence-corrected chi connectivity index (χ4v) is 3.42. The van der Waals surface area contributed by atoms with E-state index in [1.165, 1.54) is 24.3 Å². The first-order valence-corrected chi connectivity index (χ1v) is 7.60. The van der Waals surface area contributed by atoms with Crippen molar-refractivity contribution in [2.24, 2.45) is 0 Å². The standard InChI is InChI=1S/C14H8Cl2FNOS/c15-11-2-3-12(16)14(6-11)20(19)8-9-1-4-13(17)10(5-9)7-18/h1-6H,8H2. The lowest BCUT2D eigenvalue weighted by Gasteiger charge is -2.06. The van der Waals surface area contributed by atoms with Gasteiger partial charge in [0.15, 0.2) is 0 Å². The predicted octanol–water partition coefficient (Wildman–Crippen LogP) is 4.31. The Morgan fingerprint density at radius 3 is 2.65 bits per heavy atom. The first-order valence-electron chi connectivity index (χ1n) is 5.53. The van der Waals surface area contributed by atoms with Crippen LogP contribution < -0.4 is 0 Å². The van der Waals surface area contributed by atoms with Gasteiger partial charge in [0.2, 0.25) is 0 Å². The average molecular weight is 328 g/mol. The van der Waals surface area contributed by atoms with Crippen LogP contribution in [0, 0.1) is 17.1 Å². The molecule has 20 heavy (non-hydrogen) atoms. The number of hydrogen-bond donors (Lipinski definition) is 0. The van der Waals surface area contributed by atoms with Gasteiger partial charge in [0.05, 0.1) is 32.0 Å². The molecule has 0 spiro atoms. The van der Waals surface area contributed by atoms with E-state index in [4.69, 9.17) is 28.5 Å². The normalized spacial score (nSPS) is 11.9. The molecule has 0 saturated heterocycles. The first kappa shape index (κ1) is 15.0. The van der Waals surface area contributed by atoms with E-state index in [0.29, 0.717) is 20.5 Å². The molecule has 0 amide bonds. The maximum Gasteiger partial charge on any atom is 0.140 e. The SMILES string of the molecule is N#Cc1cc(CS(=O)c2cc(Cl)ccc2Cl)ccc1F. The molecule has 1 unspecified atom stereocenters. The summed E-state index contributed by atoms with van der Waals surface area (Å²) < 4.78 is 25.5. The van der Waals surface area contributed by atoms with Crippen molar-refractivity contribution in [1.82, 2.24) is 0 Å². The van der Waals surface area contributed by atoms with E-state index in [-0.39, 0.29) is 11.3 Å². The lowest BCUT2D eigenvalue weighted by Crippen LogP contribution is -1.99.